The van der Waals surface area contributed by atoms with Gasteiger partial charge in [-0.3, -0.25) is 0 Å². The van der Waals surface area contributed by atoms with Crippen LogP contribution in [-0.4, -0.2) is 48.8 Å². The molecule has 2 aliphatic rings. The third-order valence-corrected chi connectivity index (χ3v) is 5.05. The Morgan fingerprint density at radius 3 is 2.40 bits per heavy atom. The van der Waals surface area contributed by atoms with Crippen molar-refractivity contribution in [2.45, 2.75) is 89.5 Å². The van der Waals surface area contributed by atoms with Gasteiger partial charge in [-0.25, -0.2) is 0 Å². The van der Waals surface area contributed by atoms with Crippen LogP contribution in [0, 0.1) is 0 Å². The first-order valence-corrected chi connectivity index (χ1v) is 8.61. The number of likely N-dealkylation sites (N-methyl/N-ethyl adjacent to an activating group) is 1. The van der Waals surface area contributed by atoms with Crippen molar-refractivity contribution in [3.63, 3.8) is 0 Å². The normalized spacial score (nSPS) is 33.8. The maximum atomic E-state index is 6.13. The Kier molecular flexibility index (Phi) is 5.88. The van der Waals surface area contributed by atoms with E-state index in [0.717, 1.165) is 18.6 Å². The van der Waals surface area contributed by atoms with E-state index in [1.807, 2.05) is 0 Å². The second-order valence-corrected chi connectivity index (χ2v) is 7.44. The first kappa shape index (κ1) is 16.3. The second-order valence-electron chi connectivity index (χ2n) is 7.44. The topological polar surface area (TPSA) is 24.5 Å². The summed E-state index contributed by atoms with van der Waals surface area (Å²) in [5.74, 6) is 0. The molecule has 0 aromatic rings. The highest BCUT2D eigenvalue weighted by Crippen LogP contribution is 2.31. The van der Waals surface area contributed by atoms with E-state index in [9.17, 15) is 0 Å². The molecule has 0 amide bonds. The highest BCUT2D eigenvalue weighted by molar-refractivity contribution is 4.86. The fraction of sp³-hybridized carbons (Fsp3) is 1.00. The fourth-order valence-corrected chi connectivity index (χ4v) is 3.75. The Labute approximate surface area is 125 Å². The number of hydrogen-bond acceptors (Lipinski definition) is 3. The van der Waals surface area contributed by atoms with Gasteiger partial charge in [0.05, 0.1) is 11.7 Å². The Hall–Kier alpha value is -0.120. The molecule has 118 valence electrons. The highest BCUT2D eigenvalue weighted by atomic mass is 16.5. The van der Waals surface area contributed by atoms with Gasteiger partial charge in [-0.1, -0.05) is 6.92 Å². The molecule has 3 heteroatoms. The third kappa shape index (κ3) is 4.71. The van der Waals surface area contributed by atoms with E-state index in [4.69, 9.17) is 4.74 Å². The van der Waals surface area contributed by atoms with E-state index < -0.39 is 0 Å². The van der Waals surface area contributed by atoms with Crippen LogP contribution in [0.3, 0.4) is 0 Å². The summed E-state index contributed by atoms with van der Waals surface area (Å²) in [6.45, 7) is 8.97. The van der Waals surface area contributed by atoms with Crippen LogP contribution in [-0.2, 0) is 4.74 Å². The van der Waals surface area contributed by atoms with Gasteiger partial charge in [0.25, 0.3) is 0 Å². The largest absolute Gasteiger partial charge is 0.371 e. The molecule has 1 saturated carbocycles. The molecule has 20 heavy (non-hydrogen) atoms. The van der Waals surface area contributed by atoms with Gasteiger partial charge in [0.2, 0.25) is 0 Å². The summed E-state index contributed by atoms with van der Waals surface area (Å²) < 4.78 is 6.13. The van der Waals surface area contributed by atoms with Crippen molar-refractivity contribution < 1.29 is 4.74 Å². The van der Waals surface area contributed by atoms with Crippen LogP contribution in [0.5, 0.6) is 0 Å². The van der Waals surface area contributed by atoms with Crippen molar-refractivity contribution in [3.05, 3.63) is 0 Å². The lowest BCUT2D eigenvalue weighted by Crippen LogP contribution is -2.43. The predicted molar refractivity (Wildman–Crippen MR) is 85.2 cm³/mol. The van der Waals surface area contributed by atoms with Gasteiger partial charge in [-0.05, 0) is 72.4 Å². The molecular weight excluding hydrogens is 248 g/mol. The Bertz CT molecular complexity index is 285. The molecule has 2 fully saturated rings. The highest BCUT2D eigenvalue weighted by Gasteiger charge is 2.33. The summed E-state index contributed by atoms with van der Waals surface area (Å²) in [4.78, 5) is 2.56. The van der Waals surface area contributed by atoms with Crippen molar-refractivity contribution in [3.8, 4) is 0 Å². The third-order valence-electron chi connectivity index (χ3n) is 5.05. The molecular formula is C17H34N2O. The molecule has 0 aromatic carbocycles. The first-order valence-electron chi connectivity index (χ1n) is 8.61. The van der Waals surface area contributed by atoms with Gasteiger partial charge >= 0.3 is 0 Å². The average Bonchev–Trinajstić information content (AvgIpc) is 2.76. The van der Waals surface area contributed by atoms with E-state index in [0.29, 0.717) is 6.10 Å². The molecule has 1 unspecified atom stereocenters. The molecule has 3 nitrogen and oxygen atoms in total. The lowest BCUT2D eigenvalue weighted by Gasteiger charge is -2.36. The number of rotatable bonds is 6. The maximum Gasteiger partial charge on any atom is 0.0710 e. The van der Waals surface area contributed by atoms with E-state index >= 15 is 0 Å². The number of hydrogen-bond donors (Lipinski definition) is 1. The summed E-state index contributed by atoms with van der Waals surface area (Å²) in [7, 11) is 2.29. The maximum absolute atomic E-state index is 6.13. The van der Waals surface area contributed by atoms with Crippen LogP contribution in [0.4, 0.5) is 0 Å². The monoisotopic (exact) mass is 282 g/mol. The molecule has 1 N–H and O–H groups in total. The molecule has 0 bridgehead atoms. The number of ether oxygens (including phenoxy) is 1. The standard InChI is InChI=1S/C17H34N2O/c1-5-12-18-14-6-8-15(9-7-14)19(4)13-16-10-11-17(2,3)20-16/h14-16,18H,5-13H2,1-4H3. The minimum absolute atomic E-state index is 0.104. The van der Waals surface area contributed by atoms with E-state index in [-0.39, 0.29) is 5.60 Å². The molecule has 1 atom stereocenters. The molecule has 0 aromatic heterocycles. The quantitative estimate of drug-likeness (QED) is 0.810. The van der Waals surface area contributed by atoms with Gasteiger partial charge in [0.15, 0.2) is 0 Å². The van der Waals surface area contributed by atoms with Crippen LogP contribution >= 0.6 is 0 Å². The molecule has 0 radical (unpaired) electrons. The molecule has 0 spiro atoms. The van der Waals surface area contributed by atoms with Crippen LogP contribution < -0.4 is 5.32 Å². The Morgan fingerprint density at radius 2 is 1.85 bits per heavy atom. The minimum atomic E-state index is 0.104. The molecule has 1 saturated heterocycles. The lowest BCUT2D eigenvalue weighted by atomic mass is 9.90. The summed E-state index contributed by atoms with van der Waals surface area (Å²) in [6, 6.07) is 1.53. The second kappa shape index (κ2) is 7.24. The summed E-state index contributed by atoms with van der Waals surface area (Å²) in [5, 5.41) is 3.67. The van der Waals surface area contributed by atoms with Crippen LogP contribution in [0.1, 0.15) is 65.7 Å². The number of nitrogens with one attached hydrogen (secondary N) is 1. The first-order chi connectivity index (χ1) is 9.50. The molecule has 1 aliphatic carbocycles. The van der Waals surface area contributed by atoms with E-state index in [1.54, 1.807) is 0 Å². The van der Waals surface area contributed by atoms with Gasteiger partial charge in [0.1, 0.15) is 0 Å². The van der Waals surface area contributed by atoms with Crippen molar-refractivity contribution in [2.24, 2.45) is 0 Å². The van der Waals surface area contributed by atoms with Crippen molar-refractivity contribution >= 4 is 0 Å². The SMILES string of the molecule is CCCNC1CCC(N(C)CC2CCC(C)(C)O2)CC1. The van der Waals surface area contributed by atoms with Crippen molar-refractivity contribution in [1.82, 2.24) is 10.2 Å². The van der Waals surface area contributed by atoms with Crippen LogP contribution in [0.25, 0.3) is 0 Å². The molecule has 2 rings (SSSR count). The predicted octanol–water partition coefficient (Wildman–Crippen LogP) is 3.19. The van der Waals surface area contributed by atoms with Gasteiger partial charge in [-0.15, -0.1) is 0 Å². The van der Waals surface area contributed by atoms with Crippen molar-refractivity contribution in [2.75, 3.05) is 20.1 Å². The zero-order chi connectivity index (χ0) is 14.6. The lowest BCUT2D eigenvalue weighted by molar-refractivity contribution is -0.0321. The zero-order valence-corrected chi connectivity index (χ0v) is 14.0. The van der Waals surface area contributed by atoms with Gasteiger partial charge in [0, 0.05) is 18.6 Å². The summed E-state index contributed by atoms with van der Waals surface area (Å²) >= 11 is 0. The summed E-state index contributed by atoms with van der Waals surface area (Å²) in [6.07, 6.45) is 9.49. The van der Waals surface area contributed by atoms with E-state index in [2.05, 4.69) is 38.0 Å². The summed E-state index contributed by atoms with van der Waals surface area (Å²) in [5.41, 5.74) is 0.104. The zero-order valence-electron chi connectivity index (χ0n) is 14.0. The minimum Gasteiger partial charge on any atom is -0.371 e. The van der Waals surface area contributed by atoms with Crippen molar-refractivity contribution in [1.29, 1.82) is 0 Å². The molecule has 1 heterocycles. The Balaban J connectivity index is 1.68. The van der Waals surface area contributed by atoms with Gasteiger partial charge in [-0.2, -0.15) is 0 Å². The van der Waals surface area contributed by atoms with Crippen LogP contribution in [0.2, 0.25) is 0 Å². The number of nitrogens with zero attached hydrogens (tertiary/aromatic N) is 1. The Morgan fingerprint density at radius 1 is 1.15 bits per heavy atom. The average molecular weight is 282 g/mol. The smallest absolute Gasteiger partial charge is 0.0710 e. The molecule has 1 aliphatic heterocycles. The van der Waals surface area contributed by atoms with E-state index in [1.165, 1.54) is 51.5 Å². The fourth-order valence-electron chi connectivity index (χ4n) is 3.75. The van der Waals surface area contributed by atoms with Gasteiger partial charge < -0.3 is 15.0 Å². The van der Waals surface area contributed by atoms with Crippen LogP contribution in [0.15, 0.2) is 0 Å².